The molecule has 0 aromatic carbocycles. The number of methoxy groups -OCH3 is 1. The Hall–Kier alpha value is -0.570. The fourth-order valence-electron chi connectivity index (χ4n) is 1.72. The van der Waals surface area contributed by atoms with Crippen molar-refractivity contribution < 1.29 is 14.6 Å². The van der Waals surface area contributed by atoms with Gasteiger partial charge in [0.25, 0.3) is 0 Å². The van der Waals surface area contributed by atoms with E-state index in [1.54, 1.807) is 0 Å². The lowest BCUT2D eigenvalue weighted by Crippen LogP contribution is -2.26. The van der Waals surface area contributed by atoms with Crippen molar-refractivity contribution in [2.75, 3.05) is 7.11 Å². The number of hydrogen-bond acceptors (Lipinski definition) is 3. The van der Waals surface area contributed by atoms with Gasteiger partial charge in [-0.3, -0.25) is 4.79 Å². The highest BCUT2D eigenvalue weighted by molar-refractivity contribution is 5.69. The summed E-state index contributed by atoms with van der Waals surface area (Å²) in [6.07, 6.45) is 4.07. The van der Waals surface area contributed by atoms with E-state index in [4.69, 9.17) is 0 Å². The SMILES string of the molecule is COC(=O)CC1CCCCC1O. The molecule has 0 heterocycles. The largest absolute Gasteiger partial charge is 0.469 e. The predicted molar refractivity (Wildman–Crippen MR) is 44.6 cm³/mol. The van der Waals surface area contributed by atoms with E-state index in [0.29, 0.717) is 6.42 Å². The minimum Gasteiger partial charge on any atom is -0.469 e. The molecule has 3 heteroatoms. The Morgan fingerprint density at radius 3 is 2.75 bits per heavy atom. The van der Waals surface area contributed by atoms with E-state index >= 15 is 0 Å². The maximum atomic E-state index is 10.9. The molecule has 3 nitrogen and oxygen atoms in total. The molecule has 1 saturated carbocycles. The van der Waals surface area contributed by atoms with Gasteiger partial charge in [-0.15, -0.1) is 0 Å². The van der Waals surface area contributed by atoms with Gasteiger partial charge in [0.15, 0.2) is 0 Å². The van der Waals surface area contributed by atoms with Gasteiger partial charge < -0.3 is 9.84 Å². The van der Waals surface area contributed by atoms with Crippen LogP contribution in [0.5, 0.6) is 0 Å². The average Bonchev–Trinajstić information content (AvgIpc) is 2.09. The van der Waals surface area contributed by atoms with Gasteiger partial charge in [-0.05, 0) is 18.8 Å². The van der Waals surface area contributed by atoms with Crippen LogP contribution in [0, 0.1) is 5.92 Å². The standard InChI is InChI=1S/C9H16O3/c1-12-9(11)6-7-4-2-3-5-8(7)10/h7-8,10H,2-6H2,1H3. The zero-order valence-electron chi connectivity index (χ0n) is 7.45. The monoisotopic (exact) mass is 172 g/mol. The second kappa shape index (κ2) is 4.45. The third-order valence-corrected chi connectivity index (χ3v) is 2.53. The van der Waals surface area contributed by atoms with Crippen molar-refractivity contribution in [2.45, 2.75) is 38.2 Å². The predicted octanol–water partition coefficient (Wildman–Crippen LogP) is 1.10. The van der Waals surface area contributed by atoms with Crippen molar-refractivity contribution >= 4 is 5.97 Å². The van der Waals surface area contributed by atoms with Gasteiger partial charge in [-0.1, -0.05) is 12.8 Å². The van der Waals surface area contributed by atoms with Crippen LogP contribution < -0.4 is 0 Å². The molecule has 1 fully saturated rings. The number of carbonyl (C=O) groups is 1. The second-order valence-corrected chi connectivity index (χ2v) is 3.39. The van der Waals surface area contributed by atoms with E-state index in [0.717, 1.165) is 25.7 Å². The molecule has 1 N–H and O–H groups in total. The molecule has 12 heavy (non-hydrogen) atoms. The molecule has 0 amide bonds. The van der Waals surface area contributed by atoms with Crippen molar-refractivity contribution in [2.24, 2.45) is 5.92 Å². The average molecular weight is 172 g/mol. The van der Waals surface area contributed by atoms with Gasteiger partial charge in [-0.2, -0.15) is 0 Å². The van der Waals surface area contributed by atoms with E-state index in [1.165, 1.54) is 7.11 Å². The first-order valence-electron chi connectivity index (χ1n) is 4.49. The van der Waals surface area contributed by atoms with Gasteiger partial charge >= 0.3 is 5.97 Å². The first-order chi connectivity index (χ1) is 5.74. The third-order valence-electron chi connectivity index (χ3n) is 2.53. The van der Waals surface area contributed by atoms with Crippen LogP contribution in [0.15, 0.2) is 0 Å². The summed E-state index contributed by atoms with van der Waals surface area (Å²) in [5.74, 6) is -0.0767. The Bertz CT molecular complexity index is 156. The highest BCUT2D eigenvalue weighted by Gasteiger charge is 2.25. The maximum Gasteiger partial charge on any atom is 0.305 e. The number of esters is 1. The Balaban J connectivity index is 2.33. The zero-order chi connectivity index (χ0) is 8.97. The Kier molecular flexibility index (Phi) is 3.53. The molecule has 0 radical (unpaired) electrons. The van der Waals surface area contributed by atoms with Gasteiger partial charge in [-0.25, -0.2) is 0 Å². The molecule has 1 aliphatic rings. The van der Waals surface area contributed by atoms with Crippen LogP contribution in [0.25, 0.3) is 0 Å². The van der Waals surface area contributed by atoms with E-state index in [2.05, 4.69) is 4.74 Å². The smallest absolute Gasteiger partial charge is 0.305 e. The van der Waals surface area contributed by atoms with Gasteiger partial charge in [0, 0.05) is 0 Å². The van der Waals surface area contributed by atoms with Crippen LogP contribution in [-0.4, -0.2) is 24.3 Å². The minimum absolute atomic E-state index is 0.131. The number of rotatable bonds is 2. The van der Waals surface area contributed by atoms with E-state index in [-0.39, 0.29) is 18.0 Å². The van der Waals surface area contributed by atoms with E-state index < -0.39 is 0 Å². The molecule has 70 valence electrons. The number of aliphatic hydroxyl groups excluding tert-OH is 1. The summed E-state index contributed by atoms with van der Waals surface area (Å²) in [4.78, 5) is 10.9. The van der Waals surface area contributed by atoms with Crippen LogP contribution >= 0.6 is 0 Å². The summed E-state index contributed by atoms with van der Waals surface area (Å²) in [6, 6.07) is 0. The quantitative estimate of drug-likeness (QED) is 0.634. The summed E-state index contributed by atoms with van der Waals surface area (Å²) in [6.45, 7) is 0. The van der Waals surface area contributed by atoms with Crippen LogP contribution in [0.3, 0.4) is 0 Å². The topological polar surface area (TPSA) is 46.5 Å². The van der Waals surface area contributed by atoms with Crippen molar-refractivity contribution in [1.82, 2.24) is 0 Å². The third kappa shape index (κ3) is 2.48. The molecule has 0 aliphatic heterocycles. The van der Waals surface area contributed by atoms with Crippen molar-refractivity contribution in [3.63, 3.8) is 0 Å². The molecule has 0 spiro atoms. The molecule has 1 rings (SSSR count). The fraction of sp³-hybridized carbons (Fsp3) is 0.889. The first kappa shape index (κ1) is 9.52. The lowest BCUT2D eigenvalue weighted by atomic mass is 9.84. The Morgan fingerprint density at radius 2 is 2.17 bits per heavy atom. The molecule has 0 bridgehead atoms. The summed E-state index contributed by atoms with van der Waals surface area (Å²) >= 11 is 0. The molecule has 2 atom stereocenters. The molecule has 1 aliphatic carbocycles. The molecule has 2 unspecified atom stereocenters. The molecular formula is C9H16O3. The molecule has 0 aromatic rings. The van der Waals surface area contributed by atoms with E-state index in [1.807, 2.05) is 0 Å². The van der Waals surface area contributed by atoms with Crippen LogP contribution in [-0.2, 0) is 9.53 Å². The van der Waals surface area contributed by atoms with Gasteiger partial charge in [0.1, 0.15) is 0 Å². The highest BCUT2D eigenvalue weighted by Crippen LogP contribution is 2.26. The number of ether oxygens (including phenoxy) is 1. The Morgan fingerprint density at radius 1 is 1.50 bits per heavy atom. The lowest BCUT2D eigenvalue weighted by molar-refractivity contribution is -0.143. The van der Waals surface area contributed by atoms with E-state index in [9.17, 15) is 9.90 Å². The minimum atomic E-state index is -0.294. The molecule has 0 aromatic heterocycles. The second-order valence-electron chi connectivity index (χ2n) is 3.39. The van der Waals surface area contributed by atoms with Crippen LogP contribution in [0.1, 0.15) is 32.1 Å². The van der Waals surface area contributed by atoms with Gasteiger partial charge in [0.05, 0.1) is 19.6 Å². The lowest BCUT2D eigenvalue weighted by Gasteiger charge is -2.26. The summed E-state index contributed by atoms with van der Waals surface area (Å²) in [7, 11) is 1.39. The summed E-state index contributed by atoms with van der Waals surface area (Å²) in [5, 5.41) is 9.51. The maximum absolute atomic E-state index is 10.9. The van der Waals surface area contributed by atoms with Gasteiger partial charge in [0.2, 0.25) is 0 Å². The zero-order valence-corrected chi connectivity index (χ0v) is 7.45. The summed E-state index contributed by atoms with van der Waals surface area (Å²) < 4.78 is 4.55. The van der Waals surface area contributed by atoms with Crippen LogP contribution in [0.2, 0.25) is 0 Å². The van der Waals surface area contributed by atoms with Crippen molar-refractivity contribution in [3.05, 3.63) is 0 Å². The fourth-order valence-corrected chi connectivity index (χ4v) is 1.72. The molecule has 0 saturated heterocycles. The molecular weight excluding hydrogens is 156 g/mol. The Labute approximate surface area is 72.7 Å². The first-order valence-corrected chi connectivity index (χ1v) is 4.49. The number of hydrogen-bond donors (Lipinski definition) is 1. The normalized spacial score (nSPS) is 29.8. The number of aliphatic hydroxyl groups is 1. The number of carbonyl (C=O) groups excluding carboxylic acids is 1. The highest BCUT2D eigenvalue weighted by atomic mass is 16.5. The van der Waals surface area contributed by atoms with Crippen LogP contribution in [0.4, 0.5) is 0 Å². The summed E-state index contributed by atoms with van der Waals surface area (Å²) in [5.41, 5.74) is 0. The van der Waals surface area contributed by atoms with Crippen molar-refractivity contribution in [1.29, 1.82) is 0 Å². The van der Waals surface area contributed by atoms with Crippen molar-refractivity contribution in [3.8, 4) is 0 Å².